The predicted octanol–water partition coefficient (Wildman–Crippen LogP) is 7.64. The molecule has 2 unspecified atom stereocenters. The third-order valence-corrected chi connectivity index (χ3v) is 21.2. The molecule has 35 heteroatoms. The molecule has 0 saturated carbocycles. The van der Waals surface area contributed by atoms with E-state index in [2.05, 4.69) is 151 Å². The summed E-state index contributed by atoms with van der Waals surface area (Å²) in [6.07, 6.45) is 4.71. The molecular weight excluding hydrogens is 1470 g/mol. The maximum absolute atomic E-state index is 15.1. The molecule has 110 heavy (non-hydrogen) atoms. The summed E-state index contributed by atoms with van der Waals surface area (Å²) in [5, 5.41) is 49.8. The number of carboxylic acids is 1. The maximum Gasteiger partial charge on any atom is 0.509 e. The van der Waals surface area contributed by atoms with Gasteiger partial charge in [0.2, 0.25) is 29.7 Å². The van der Waals surface area contributed by atoms with Crippen LogP contribution in [0.15, 0.2) is 149 Å². The van der Waals surface area contributed by atoms with Gasteiger partial charge in [-0.25, -0.2) is 24.4 Å². The number of carboxylic acid groups (broad SMARTS) is 1. The first-order valence-electron chi connectivity index (χ1n) is 35.8. The molecule has 4 aliphatic rings. The lowest BCUT2D eigenvalue weighted by Crippen LogP contribution is -2.48. The van der Waals surface area contributed by atoms with Crippen molar-refractivity contribution in [3.63, 3.8) is 0 Å². The average molecular weight is 1550 g/mol. The standard InChI is InChI=1S/C75H87F2N17O14S2/c1-8-91-54-18-13-11-16-51(54)73(4,5)57(91)27-22-45-36-50(105-41-49-40-90(89-88-49)32-15-31-80-60(95)29-26-53(67(99)100)84-65(97)44-20-24-47(25-21-44)81-38-48-39-82-64-61(83-48)66(98)87-69(79)86-64)37-46(23-28-58-74(6,7)52-17-12-14-19-55(52)92(58)9-2)62(45)93(10-3)71(102)104-34-35-109-110-43-107-72(103)106-42-56-63(96)75(76,77)68(108-56)94-33-30-59(78)85-70(94)101/h11-14,16-25,27-28,30,33,39-40,50,53,56,63,68,96H,8-10,15,26,29,31-32,34-38,41-43H2,1-7H3,(H8-,78,79,80,81,82,84,85,86,87,95,97,98,99,100,101)/t53?,56-,63-,68-/m1/s1. The summed E-state index contributed by atoms with van der Waals surface area (Å²) in [5.41, 5.74) is 20.1. The van der Waals surface area contributed by atoms with E-state index in [1.54, 1.807) is 27.9 Å². The highest BCUT2D eigenvalue weighted by Crippen LogP contribution is 2.49. The van der Waals surface area contributed by atoms with E-state index < -0.39 is 95.5 Å². The number of halogens is 2. The zero-order chi connectivity index (χ0) is 78.6. The van der Waals surface area contributed by atoms with Crippen LogP contribution in [0.4, 0.5) is 47.2 Å². The van der Waals surface area contributed by atoms with E-state index in [4.69, 9.17) is 35.2 Å². The zero-order valence-corrected chi connectivity index (χ0v) is 63.3. The van der Waals surface area contributed by atoms with E-state index in [0.29, 0.717) is 66.2 Å². The maximum atomic E-state index is 15.1. The fourth-order valence-electron chi connectivity index (χ4n) is 13.7. The van der Waals surface area contributed by atoms with Crippen LogP contribution in [0.1, 0.15) is 120 Å². The van der Waals surface area contributed by atoms with E-state index in [0.717, 1.165) is 57.0 Å². The number of aryl methyl sites for hydroxylation is 1. The Balaban J connectivity index is 0.720. The number of allylic oxidation sites excluding steroid dienone is 6. The first-order valence-corrected chi connectivity index (χ1v) is 38.3. The Bertz CT molecular complexity index is 4800. The Hall–Kier alpha value is -10.9. The quantitative estimate of drug-likeness (QED) is 0.00699. The topological polar surface area (TPSA) is 410 Å². The molecule has 7 heterocycles. The second kappa shape index (κ2) is 35.2. The summed E-state index contributed by atoms with van der Waals surface area (Å²) in [6.45, 7) is 16.5. The van der Waals surface area contributed by atoms with Gasteiger partial charge >= 0.3 is 23.9 Å². The summed E-state index contributed by atoms with van der Waals surface area (Å²) in [4.78, 5) is 102. The van der Waals surface area contributed by atoms with Crippen LogP contribution in [-0.4, -0.2) is 181 Å². The number of nitrogens with one attached hydrogen (secondary N) is 3. The van der Waals surface area contributed by atoms with Crippen LogP contribution in [0.25, 0.3) is 11.2 Å². The number of carbonyl (C=O) groups is 5. The van der Waals surface area contributed by atoms with Crippen LogP contribution in [-0.2, 0) is 63.8 Å². The number of anilines is 4. The minimum Gasteiger partial charge on any atom is -0.548 e. The molecule has 31 nitrogen and oxygen atoms in total. The van der Waals surface area contributed by atoms with Crippen molar-refractivity contribution in [3.05, 3.63) is 183 Å². The number of fused-ring (bicyclic) bond motifs is 3. The number of rotatable bonds is 32. The number of aliphatic hydroxyl groups is 1. The van der Waals surface area contributed by atoms with Gasteiger partial charge in [0.15, 0.2) is 28.9 Å². The summed E-state index contributed by atoms with van der Waals surface area (Å²) in [6, 6.07) is 22.6. The smallest absolute Gasteiger partial charge is 0.509 e. The first-order chi connectivity index (χ1) is 52.7. The minimum atomic E-state index is -3.96. The molecule has 11 rings (SSSR count). The Morgan fingerprint density at radius 3 is 2.41 bits per heavy atom. The fourth-order valence-corrected chi connectivity index (χ4v) is 15.1. The van der Waals surface area contributed by atoms with Gasteiger partial charge in [0.25, 0.3) is 5.91 Å². The molecule has 3 aliphatic heterocycles. The van der Waals surface area contributed by atoms with Gasteiger partial charge in [-0.15, -0.1) is 5.10 Å². The number of nitrogens with zero attached hydrogens (tertiary/aromatic N) is 12. The molecule has 3 aromatic carbocycles. The van der Waals surface area contributed by atoms with E-state index in [1.165, 1.54) is 40.3 Å². The lowest BCUT2D eigenvalue weighted by Gasteiger charge is -2.34. The van der Waals surface area contributed by atoms with Crippen molar-refractivity contribution < 1.29 is 76.3 Å². The van der Waals surface area contributed by atoms with Gasteiger partial charge < -0.3 is 76.1 Å². The molecule has 582 valence electrons. The molecule has 7 aromatic rings. The number of nitrogen functional groups attached to an aromatic ring is 2. The lowest BCUT2D eigenvalue weighted by atomic mass is 9.80. The SMILES string of the molecule is CCN(C(=O)OCCSSCOC(=O)OC[C@H]1O[C@@H](n2ccc(N)nc2=O)C(F)(F)[C@@H]1O)C1=C(/C=C/C2=[N+](CC)c3ccccc3C2(C)C)CC(OCc2cn(CCCNC(=O)CCC(NC(=O)c3ccc(NCc4cnc5nc(N)nc(O)c5n4)cc3)C(=O)[O-])nn2)C/C1=C\C=C1/N(CC)c2ccccc2C1(C)C. The minimum absolute atomic E-state index is 0.0437. The van der Waals surface area contributed by atoms with Crippen LogP contribution >= 0.6 is 21.6 Å². The van der Waals surface area contributed by atoms with Crippen molar-refractivity contribution in [3.8, 4) is 5.88 Å². The number of alkyl halides is 2. The molecule has 3 amide bonds. The van der Waals surface area contributed by atoms with Crippen LogP contribution in [0, 0.1) is 0 Å². The number of ether oxygens (including phenoxy) is 5. The molecular formula is C75H87F2N17O14S2. The molecule has 0 spiro atoms. The Morgan fingerprint density at radius 1 is 0.900 bits per heavy atom. The number of amides is 3. The highest BCUT2D eigenvalue weighted by atomic mass is 33.1. The van der Waals surface area contributed by atoms with Gasteiger partial charge in [0.1, 0.15) is 37.4 Å². The van der Waals surface area contributed by atoms with Crippen molar-refractivity contribution in [2.75, 3.05) is 72.8 Å². The van der Waals surface area contributed by atoms with E-state index in [9.17, 15) is 44.1 Å². The van der Waals surface area contributed by atoms with Crippen molar-refractivity contribution in [1.82, 2.24) is 60.0 Å². The van der Waals surface area contributed by atoms with Gasteiger partial charge in [-0.2, -0.15) is 28.3 Å². The van der Waals surface area contributed by atoms with Crippen LogP contribution < -0.4 is 43.1 Å². The number of hydrogen-bond acceptors (Lipinski definition) is 27. The van der Waals surface area contributed by atoms with Gasteiger partial charge in [-0.1, -0.05) is 89.2 Å². The molecule has 4 aromatic heterocycles. The first kappa shape index (κ1) is 80.1. The number of hydrogen-bond donors (Lipinski definition) is 7. The summed E-state index contributed by atoms with van der Waals surface area (Å²) in [7, 11) is 2.33. The number of aliphatic carboxylic acids is 1. The van der Waals surface area contributed by atoms with Gasteiger partial charge in [0, 0.05) is 103 Å². The third kappa shape index (κ3) is 18.4. The lowest BCUT2D eigenvalue weighted by molar-refractivity contribution is -0.433. The summed E-state index contributed by atoms with van der Waals surface area (Å²) in [5.74, 6) is -7.35. The number of aliphatic hydroxyl groups excluding tert-OH is 1. The normalized spacial score (nSPS) is 19.2. The molecule has 1 fully saturated rings. The second-order valence-electron chi connectivity index (χ2n) is 27.2. The summed E-state index contributed by atoms with van der Waals surface area (Å²) < 4.78 is 62.8. The Kier molecular flexibility index (Phi) is 25.7. The number of carbonyl (C=O) groups excluding carboxylic acids is 5. The second-order valence-corrected chi connectivity index (χ2v) is 29.7. The third-order valence-electron chi connectivity index (χ3n) is 19.2. The largest absolute Gasteiger partial charge is 0.548 e. The van der Waals surface area contributed by atoms with Gasteiger partial charge in [-0.05, 0) is 107 Å². The number of para-hydroxylation sites is 2. The van der Waals surface area contributed by atoms with Gasteiger partial charge in [0.05, 0.1) is 60.5 Å². The van der Waals surface area contributed by atoms with Crippen LogP contribution in [0.5, 0.6) is 5.88 Å². The average Bonchev–Trinajstić information content (AvgIpc) is 1.60. The monoisotopic (exact) mass is 1550 g/mol. The molecule has 1 aliphatic carbocycles. The van der Waals surface area contributed by atoms with Crippen molar-refractivity contribution >= 4 is 97.3 Å². The van der Waals surface area contributed by atoms with Crippen molar-refractivity contribution in [1.29, 1.82) is 0 Å². The number of aromatic nitrogens is 9. The molecule has 9 N–H and O–H groups in total. The highest BCUT2D eigenvalue weighted by Gasteiger charge is 2.60. The van der Waals surface area contributed by atoms with Crippen LogP contribution in [0.3, 0.4) is 0 Å². The molecule has 1 saturated heterocycles. The number of benzene rings is 3. The van der Waals surface area contributed by atoms with E-state index >= 15 is 8.78 Å². The van der Waals surface area contributed by atoms with Crippen molar-refractivity contribution in [2.45, 2.75) is 148 Å². The predicted molar refractivity (Wildman–Crippen MR) is 405 cm³/mol. The number of nitrogens with two attached hydrogens (primary N) is 2. The molecule has 0 radical (unpaired) electrons. The van der Waals surface area contributed by atoms with Crippen LogP contribution in [0.2, 0.25) is 0 Å². The van der Waals surface area contributed by atoms with Gasteiger partial charge in [-0.3, -0.25) is 23.7 Å². The zero-order valence-electron chi connectivity index (χ0n) is 61.6. The van der Waals surface area contributed by atoms with E-state index in [-0.39, 0.29) is 85.9 Å². The Labute approximate surface area is 639 Å². The summed E-state index contributed by atoms with van der Waals surface area (Å²) >= 11 is 0. The number of likely N-dealkylation sites (N-methyl/N-ethyl adjacent to an activating group) is 2. The molecule has 5 atom stereocenters. The fraction of sp³-hybridized carbons (Fsp3) is 0.413. The van der Waals surface area contributed by atoms with Crippen molar-refractivity contribution in [2.24, 2.45) is 0 Å². The molecule has 0 bridgehead atoms. The highest BCUT2D eigenvalue weighted by molar-refractivity contribution is 8.76. The number of aromatic hydroxyl groups is 1. The Morgan fingerprint density at radius 2 is 1.66 bits per heavy atom. The van der Waals surface area contributed by atoms with E-state index in [1.807, 2.05) is 31.2 Å².